The number of hydrazone groups is 1. The lowest BCUT2D eigenvalue weighted by Gasteiger charge is -2.21. The molecule has 0 atom stereocenters. The SMILES string of the molecule is C/C(CCc1ccccc1)=N/NC(=O)CN(Cc1ccccc1)S(=O)(=O)c1ccc(Br)cc1. The molecule has 3 aromatic rings. The highest BCUT2D eigenvalue weighted by atomic mass is 79.9. The molecule has 0 heterocycles. The van der Waals surface area contributed by atoms with Crippen molar-refractivity contribution in [2.45, 2.75) is 31.2 Å². The van der Waals surface area contributed by atoms with Crippen molar-refractivity contribution in [3.63, 3.8) is 0 Å². The second-order valence-corrected chi connectivity index (χ2v) is 10.4. The van der Waals surface area contributed by atoms with Crippen LogP contribution in [-0.4, -0.2) is 30.9 Å². The van der Waals surface area contributed by atoms with Crippen LogP contribution in [0.1, 0.15) is 24.5 Å². The summed E-state index contributed by atoms with van der Waals surface area (Å²) in [6.45, 7) is 1.57. The first-order valence-electron chi connectivity index (χ1n) is 10.5. The maximum Gasteiger partial charge on any atom is 0.255 e. The molecular weight excluding hydrogens is 502 g/mol. The van der Waals surface area contributed by atoms with E-state index in [4.69, 9.17) is 0 Å². The third-order valence-electron chi connectivity index (χ3n) is 4.96. The molecule has 3 aromatic carbocycles. The maximum absolute atomic E-state index is 13.3. The number of carbonyl (C=O) groups is 1. The highest BCUT2D eigenvalue weighted by Gasteiger charge is 2.27. The van der Waals surface area contributed by atoms with Crippen LogP contribution in [0.25, 0.3) is 0 Å². The summed E-state index contributed by atoms with van der Waals surface area (Å²) in [6, 6.07) is 25.5. The summed E-state index contributed by atoms with van der Waals surface area (Å²) in [6.07, 6.45) is 1.50. The number of aryl methyl sites for hydroxylation is 1. The number of benzene rings is 3. The summed E-state index contributed by atoms with van der Waals surface area (Å²) in [4.78, 5) is 12.7. The summed E-state index contributed by atoms with van der Waals surface area (Å²) in [5.41, 5.74) is 5.24. The lowest BCUT2D eigenvalue weighted by atomic mass is 10.1. The summed E-state index contributed by atoms with van der Waals surface area (Å²) >= 11 is 3.32. The van der Waals surface area contributed by atoms with Crippen LogP contribution in [0.3, 0.4) is 0 Å². The molecular formula is C25H26BrN3O3S. The first-order chi connectivity index (χ1) is 15.8. The lowest BCUT2D eigenvalue weighted by molar-refractivity contribution is -0.121. The van der Waals surface area contributed by atoms with Crippen LogP contribution in [0.5, 0.6) is 0 Å². The molecule has 0 aliphatic carbocycles. The Kier molecular flexibility index (Phi) is 8.94. The Labute approximate surface area is 203 Å². The lowest BCUT2D eigenvalue weighted by Crippen LogP contribution is -2.39. The number of sulfonamides is 1. The zero-order valence-corrected chi connectivity index (χ0v) is 20.7. The zero-order chi connectivity index (χ0) is 23.7. The molecule has 172 valence electrons. The number of rotatable bonds is 10. The summed E-state index contributed by atoms with van der Waals surface area (Å²) < 4.78 is 28.5. The van der Waals surface area contributed by atoms with Gasteiger partial charge in [-0.1, -0.05) is 76.6 Å². The Balaban J connectivity index is 1.69. The minimum absolute atomic E-state index is 0.0728. The quantitative estimate of drug-likeness (QED) is 0.304. The fraction of sp³-hybridized carbons (Fsp3) is 0.200. The minimum atomic E-state index is -3.89. The number of nitrogens with zero attached hydrogens (tertiary/aromatic N) is 2. The number of halogens is 1. The summed E-state index contributed by atoms with van der Waals surface area (Å²) in [5.74, 6) is -0.495. The molecule has 3 rings (SSSR count). The van der Waals surface area contributed by atoms with E-state index in [0.29, 0.717) is 6.42 Å². The van der Waals surface area contributed by atoms with E-state index in [9.17, 15) is 13.2 Å². The molecule has 0 aliphatic rings. The first-order valence-corrected chi connectivity index (χ1v) is 12.7. The second-order valence-electron chi connectivity index (χ2n) is 7.58. The molecule has 1 amide bonds. The number of hydrogen-bond donors (Lipinski definition) is 1. The van der Waals surface area contributed by atoms with Gasteiger partial charge < -0.3 is 0 Å². The predicted octanol–water partition coefficient (Wildman–Crippen LogP) is 4.76. The van der Waals surface area contributed by atoms with Crippen LogP contribution in [0, 0.1) is 0 Å². The third kappa shape index (κ3) is 7.63. The van der Waals surface area contributed by atoms with Gasteiger partial charge in [0.1, 0.15) is 0 Å². The predicted molar refractivity (Wildman–Crippen MR) is 134 cm³/mol. The van der Waals surface area contributed by atoms with Gasteiger partial charge in [0.05, 0.1) is 11.4 Å². The third-order valence-corrected chi connectivity index (χ3v) is 7.30. The van der Waals surface area contributed by atoms with Gasteiger partial charge in [0.25, 0.3) is 5.91 Å². The van der Waals surface area contributed by atoms with Crippen molar-refractivity contribution in [2.24, 2.45) is 5.10 Å². The van der Waals surface area contributed by atoms with E-state index in [1.54, 1.807) is 12.1 Å². The second kappa shape index (κ2) is 11.9. The fourth-order valence-electron chi connectivity index (χ4n) is 3.15. The van der Waals surface area contributed by atoms with E-state index in [2.05, 4.69) is 26.5 Å². The topological polar surface area (TPSA) is 78.8 Å². The van der Waals surface area contributed by atoms with Gasteiger partial charge >= 0.3 is 0 Å². The van der Waals surface area contributed by atoms with E-state index in [1.165, 1.54) is 17.7 Å². The molecule has 0 fully saturated rings. The molecule has 0 aromatic heterocycles. The molecule has 1 N–H and O–H groups in total. The number of hydrogen-bond acceptors (Lipinski definition) is 4. The molecule has 33 heavy (non-hydrogen) atoms. The molecule has 0 saturated heterocycles. The minimum Gasteiger partial charge on any atom is -0.272 e. The Morgan fingerprint density at radius 2 is 1.48 bits per heavy atom. The van der Waals surface area contributed by atoms with Crippen LogP contribution in [0.4, 0.5) is 0 Å². The van der Waals surface area contributed by atoms with Gasteiger partial charge in [0.2, 0.25) is 10.0 Å². The molecule has 8 heteroatoms. The van der Waals surface area contributed by atoms with Gasteiger partial charge in [0, 0.05) is 16.7 Å². The van der Waals surface area contributed by atoms with Crippen LogP contribution < -0.4 is 5.43 Å². The van der Waals surface area contributed by atoms with Crippen molar-refractivity contribution in [3.05, 3.63) is 101 Å². The maximum atomic E-state index is 13.3. The Bertz CT molecular complexity index is 1180. The monoisotopic (exact) mass is 527 g/mol. The average Bonchev–Trinajstić information content (AvgIpc) is 2.82. The van der Waals surface area contributed by atoms with Gasteiger partial charge in [-0.2, -0.15) is 9.41 Å². The van der Waals surface area contributed by atoms with Crippen molar-refractivity contribution < 1.29 is 13.2 Å². The molecule has 0 unspecified atom stereocenters. The first kappa shape index (κ1) is 24.8. The van der Waals surface area contributed by atoms with E-state index < -0.39 is 15.9 Å². The van der Waals surface area contributed by atoms with Crippen LogP contribution in [0.15, 0.2) is 99.4 Å². The Hall–Kier alpha value is -2.81. The smallest absolute Gasteiger partial charge is 0.255 e. The van der Waals surface area contributed by atoms with E-state index in [-0.39, 0.29) is 18.0 Å². The molecule has 0 spiro atoms. The van der Waals surface area contributed by atoms with Gasteiger partial charge in [-0.05, 0) is 55.2 Å². The molecule has 6 nitrogen and oxygen atoms in total. The fourth-order valence-corrected chi connectivity index (χ4v) is 4.80. The molecule has 0 radical (unpaired) electrons. The van der Waals surface area contributed by atoms with Crippen LogP contribution >= 0.6 is 15.9 Å². The highest BCUT2D eigenvalue weighted by Crippen LogP contribution is 2.20. The van der Waals surface area contributed by atoms with Crippen molar-refractivity contribution in [3.8, 4) is 0 Å². The number of amides is 1. The van der Waals surface area contributed by atoms with E-state index in [0.717, 1.165) is 26.5 Å². The largest absolute Gasteiger partial charge is 0.272 e. The average molecular weight is 528 g/mol. The summed E-state index contributed by atoms with van der Waals surface area (Å²) in [5, 5.41) is 4.16. The highest BCUT2D eigenvalue weighted by molar-refractivity contribution is 9.10. The van der Waals surface area contributed by atoms with Crippen molar-refractivity contribution in [1.29, 1.82) is 0 Å². The van der Waals surface area contributed by atoms with Crippen molar-refractivity contribution in [2.75, 3.05) is 6.54 Å². The van der Waals surface area contributed by atoms with E-state index in [1.807, 2.05) is 67.6 Å². The zero-order valence-electron chi connectivity index (χ0n) is 18.3. The molecule has 0 saturated carbocycles. The van der Waals surface area contributed by atoms with Gasteiger partial charge in [0.15, 0.2) is 0 Å². The van der Waals surface area contributed by atoms with Gasteiger partial charge in [-0.25, -0.2) is 13.8 Å². The standard InChI is InChI=1S/C25H26BrN3O3S/c1-20(12-13-21-8-4-2-5-9-21)27-28-25(30)19-29(18-22-10-6-3-7-11-22)33(31,32)24-16-14-23(26)15-17-24/h2-11,14-17H,12-13,18-19H2,1H3,(H,28,30)/b27-20-. The van der Waals surface area contributed by atoms with E-state index >= 15 is 0 Å². The normalized spacial score (nSPS) is 12.0. The Morgan fingerprint density at radius 1 is 0.909 bits per heavy atom. The van der Waals surface area contributed by atoms with Crippen molar-refractivity contribution in [1.82, 2.24) is 9.73 Å². The Morgan fingerprint density at radius 3 is 2.09 bits per heavy atom. The van der Waals surface area contributed by atoms with Crippen molar-refractivity contribution >= 4 is 37.6 Å². The summed E-state index contributed by atoms with van der Waals surface area (Å²) in [7, 11) is -3.89. The van der Waals surface area contributed by atoms with Crippen LogP contribution in [-0.2, 0) is 27.8 Å². The number of nitrogens with one attached hydrogen (secondary N) is 1. The molecule has 0 bridgehead atoms. The number of carbonyl (C=O) groups excluding carboxylic acids is 1. The van der Waals surface area contributed by atoms with Gasteiger partial charge in [-0.3, -0.25) is 4.79 Å². The molecule has 0 aliphatic heterocycles. The van der Waals surface area contributed by atoms with Gasteiger partial charge in [-0.15, -0.1) is 0 Å². The van der Waals surface area contributed by atoms with Crippen LogP contribution in [0.2, 0.25) is 0 Å².